The van der Waals surface area contributed by atoms with Gasteiger partial charge in [0, 0.05) is 0 Å². The van der Waals surface area contributed by atoms with E-state index in [4.69, 9.17) is 9.47 Å². The summed E-state index contributed by atoms with van der Waals surface area (Å²) in [6.07, 6.45) is 1.93. The monoisotopic (exact) mass is 328 g/mol. The van der Waals surface area contributed by atoms with Gasteiger partial charge < -0.3 is 9.47 Å². The highest BCUT2D eigenvalue weighted by atomic mass is 32.2. The van der Waals surface area contributed by atoms with E-state index in [2.05, 4.69) is 13.8 Å². The molecule has 0 amide bonds. The molecular weight excluding hydrogens is 304 g/mol. The van der Waals surface area contributed by atoms with E-state index >= 15 is 0 Å². The van der Waals surface area contributed by atoms with Gasteiger partial charge in [0.05, 0.1) is 13.2 Å². The number of carbonyl (C=O) groups is 1. The van der Waals surface area contributed by atoms with Crippen LogP contribution in [0.25, 0.3) is 0 Å². The van der Waals surface area contributed by atoms with Gasteiger partial charge in [-0.05, 0) is 25.0 Å². The third-order valence-corrected chi connectivity index (χ3v) is 5.05. The number of benzene rings is 1. The molecule has 0 fully saturated rings. The molecule has 1 rings (SSSR count). The van der Waals surface area contributed by atoms with E-state index in [0.717, 1.165) is 12.8 Å². The van der Waals surface area contributed by atoms with Crippen molar-refractivity contribution in [3.8, 4) is 5.75 Å². The minimum atomic E-state index is -3.77. The Bertz CT molecular complexity index is 576. The summed E-state index contributed by atoms with van der Waals surface area (Å²) < 4.78 is 35.1. The highest BCUT2D eigenvalue weighted by Gasteiger charge is 2.24. The van der Waals surface area contributed by atoms with Crippen LogP contribution in [0.1, 0.15) is 33.6 Å². The Morgan fingerprint density at radius 1 is 1.14 bits per heavy atom. The maximum absolute atomic E-state index is 12.3. The van der Waals surface area contributed by atoms with Crippen LogP contribution in [0.3, 0.4) is 0 Å². The van der Waals surface area contributed by atoms with E-state index in [0.29, 0.717) is 18.3 Å². The molecule has 0 bridgehead atoms. The van der Waals surface area contributed by atoms with E-state index in [1.165, 1.54) is 6.07 Å². The van der Waals surface area contributed by atoms with Crippen molar-refractivity contribution in [3.05, 3.63) is 24.3 Å². The van der Waals surface area contributed by atoms with E-state index in [9.17, 15) is 13.2 Å². The minimum Gasteiger partial charge on any atom is -0.492 e. The number of para-hydroxylation sites is 1. The molecule has 124 valence electrons. The Labute approximate surface area is 132 Å². The summed E-state index contributed by atoms with van der Waals surface area (Å²) >= 11 is 0. The van der Waals surface area contributed by atoms with Gasteiger partial charge in [0.2, 0.25) is 0 Å². The number of sulfone groups is 1. The fourth-order valence-corrected chi connectivity index (χ4v) is 3.26. The van der Waals surface area contributed by atoms with E-state index in [-0.39, 0.29) is 11.5 Å². The molecule has 1 aromatic carbocycles. The molecule has 22 heavy (non-hydrogen) atoms. The Balaban J connectivity index is 2.92. The molecule has 0 spiro atoms. The molecule has 0 heterocycles. The molecular formula is C16H24O5S. The van der Waals surface area contributed by atoms with Crippen molar-refractivity contribution in [2.45, 2.75) is 38.5 Å². The van der Waals surface area contributed by atoms with Crippen molar-refractivity contribution in [2.75, 3.05) is 19.0 Å². The largest absolute Gasteiger partial charge is 0.492 e. The van der Waals surface area contributed by atoms with Crippen LogP contribution >= 0.6 is 0 Å². The Hall–Kier alpha value is -1.56. The van der Waals surface area contributed by atoms with Crippen molar-refractivity contribution in [1.82, 2.24) is 0 Å². The molecule has 0 atom stereocenters. The van der Waals surface area contributed by atoms with E-state index < -0.39 is 21.6 Å². The SMILES string of the molecule is CCOC(=O)CS(=O)(=O)c1ccccc1OCC(CC)CC. The smallest absolute Gasteiger partial charge is 0.321 e. The summed E-state index contributed by atoms with van der Waals surface area (Å²) in [4.78, 5) is 11.5. The van der Waals surface area contributed by atoms with Gasteiger partial charge in [-0.25, -0.2) is 8.42 Å². The maximum Gasteiger partial charge on any atom is 0.321 e. The maximum atomic E-state index is 12.3. The first kappa shape index (κ1) is 18.5. The normalized spacial score (nSPS) is 11.5. The zero-order valence-corrected chi connectivity index (χ0v) is 14.2. The molecule has 0 aliphatic carbocycles. The van der Waals surface area contributed by atoms with Crippen LogP contribution in [0.2, 0.25) is 0 Å². The van der Waals surface area contributed by atoms with Crippen LogP contribution in [-0.4, -0.2) is 33.4 Å². The molecule has 0 saturated carbocycles. The van der Waals surface area contributed by atoms with Gasteiger partial charge in [0.15, 0.2) is 15.6 Å². The lowest BCUT2D eigenvalue weighted by atomic mass is 10.1. The summed E-state index contributed by atoms with van der Waals surface area (Å²) in [5.41, 5.74) is 0. The molecule has 5 nitrogen and oxygen atoms in total. The lowest BCUT2D eigenvalue weighted by Gasteiger charge is -2.16. The molecule has 6 heteroatoms. The fourth-order valence-electron chi connectivity index (χ4n) is 1.99. The van der Waals surface area contributed by atoms with Crippen molar-refractivity contribution < 1.29 is 22.7 Å². The number of ether oxygens (including phenoxy) is 2. The number of hydrogen-bond donors (Lipinski definition) is 0. The van der Waals surface area contributed by atoms with E-state index in [1.807, 2.05) is 0 Å². The standard InChI is InChI=1S/C16H24O5S/c1-4-13(5-2)11-21-14-9-7-8-10-15(14)22(18,19)12-16(17)20-6-3/h7-10,13H,4-6,11-12H2,1-3H3. The van der Waals surface area contributed by atoms with Crippen LogP contribution in [0.15, 0.2) is 29.2 Å². The summed E-state index contributed by atoms with van der Waals surface area (Å²) in [5, 5.41) is 0. The number of esters is 1. The average molecular weight is 328 g/mol. The second-order valence-corrected chi connectivity index (χ2v) is 6.96. The van der Waals surface area contributed by atoms with Crippen LogP contribution in [0.5, 0.6) is 5.75 Å². The molecule has 0 aliphatic heterocycles. The zero-order chi connectivity index (χ0) is 16.6. The summed E-state index contributed by atoms with van der Waals surface area (Å²) in [6, 6.07) is 6.39. The third-order valence-electron chi connectivity index (χ3n) is 3.43. The molecule has 0 aromatic heterocycles. The first-order valence-electron chi connectivity index (χ1n) is 7.54. The molecule has 0 radical (unpaired) electrons. The average Bonchev–Trinajstić information content (AvgIpc) is 2.48. The van der Waals surface area contributed by atoms with Gasteiger partial charge >= 0.3 is 5.97 Å². The number of rotatable bonds is 9. The van der Waals surface area contributed by atoms with Gasteiger partial charge in [-0.3, -0.25) is 4.79 Å². The van der Waals surface area contributed by atoms with Gasteiger partial charge in [0.25, 0.3) is 0 Å². The summed E-state index contributed by atoms with van der Waals surface area (Å²) in [5.74, 6) is -0.761. The lowest BCUT2D eigenvalue weighted by Crippen LogP contribution is -2.20. The third kappa shape index (κ3) is 5.33. The first-order chi connectivity index (χ1) is 10.4. The highest BCUT2D eigenvalue weighted by molar-refractivity contribution is 7.92. The molecule has 1 aromatic rings. The van der Waals surface area contributed by atoms with Gasteiger partial charge in [-0.15, -0.1) is 0 Å². The predicted octanol–water partition coefficient (Wildman–Crippen LogP) is 2.84. The lowest BCUT2D eigenvalue weighted by molar-refractivity contribution is -0.139. The van der Waals surface area contributed by atoms with Crippen molar-refractivity contribution in [1.29, 1.82) is 0 Å². The molecule has 0 aliphatic rings. The molecule has 0 saturated heterocycles. The number of hydrogen-bond acceptors (Lipinski definition) is 5. The van der Waals surface area contributed by atoms with Crippen LogP contribution in [-0.2, 0) is 19.4 Å². The fraction of sp³-hybridized carbons (Fsp3) is 0.562. The van der Waals surface area contributed by atoms with Gasteiger partial charge in [-0.2, -0.15) is 0 Å². The minimum absolute atomic E-state index is 0.0361. The van der Waals surface area contributed by atoms with Crippen LogP contribution in [0.4, 0.5) is 0 Å². The van der Waals surface area contributed by atoms with Crippen molar-refractivity contribution in [3.63, 3.8) is 0 Å². The Kier molecular flexibility index (Phi) is 7.38. The molecule has 0 unspecified atom stereocenters. The first-order valence-corrected chi connectivity index (χ1v) is 9.20. The van der Waals surface area contributed by atoms with Gasteiger partial charge in [0.1, 0.15) is 10.6 Å². The van der Waals surface area contributed by atoms with Gasteiger partial charge in [-0.1, -0.05) is 38.8 Å². The highest BCUT2D eigenvalue weighted by Crippen LogP contribution is 2.25. The van der Waals surface area contributed by atoms with Crippen LogP contribution in [0, 0.1) is 5.92 Å². The molecule has 0 N–H and O–H groups in total. The summed E-state index contributed by atoms with van der Waals surface area (Å²) in [6.45, 7) is 6.39. The van der Waals surface area contributed by atoms with Crippen molar-refractivity contribution in [2.24, 2.45) is 5.92 Å². The second-order valence-electron chi connectivity index (χ2n) is 5.00. The Morgan fingerprint density at radius 2 is 1.77 bits per heavy atom. The van der Waals surface area contributed by atoms with E-state index in [1.54, 1.807) is 25.1 Å². The summed E-state index contributed by atoms with van der Waals surface area (Å²) in [7, 11) is -3.77. The van der Waals surface area contributed by atoms with Crippen LogP contribution < -0.4 is 4.74 Å². The van der Waals surface area contributed by atoms with Crippen molar-refractivity contribution >= 4 is 15.8 Å². The quantitative estimate of drug-likeness (QED) is 0.652. The zero-order valence-electron chi connectivity index (χ0n) is 13.4. The number of carbonyl (C=O) groups excluding carboxylic acids is 1. The topological polar surface area (TPSA) is 69.7 Å². The second kappa shape index (κ2) is 8.78. The Morgan fingerprint density at radius 3 is 2.36 bits per heavy atom. The predicted molar refractivity (Wildman–Crippen MR) is 84.7 cm³/mol.